The van der Waals surface area contributed by atoms with Crippen LogP contribution in [0.4, 0.5) is 11.4 Å². The predicted octanol–water partition coefficient (Wildman–Crippen LogP) is 2.39. The Morgan fingerprint density at radius 3 is 2.92 bits per heavy atom. The summed E-state index contributed by atoms with van der Waals surface area (Å²) in [7, 11) is 0. The maximum Gasteiger partial charge on any atom is 0.270 e. The molecule has 0 saturated carbocycles. The van der Waals surface area contributed by atoms with Crippen LogP contribution in [0.15, 0.2) is 23.6 Å². The first-order valence-electron chi connectivity index (χ1n) is 3.59. The van der Waals surface area contributed by atoms with Gasteiger partial charge in [-0.15, -0.1) is 11.3 Å². The summed E-state index contributed by atoms with van der Waals surface area (Å²) in [5, 5.41) is 13.0. The van der Waals surface area contributed by atoms with Crippen molar-refractivity contribution < 1.29 is 4.92 Å². The number of rotatable bonds is 1. The van der Waals surface area contributed by atoms with Gasteiger partial charge in [-0.05, 0) is 6.07 Å². The van der Waals surface area contributed by atoms with Crippen LogP contribution in [0.3, 0.4) is 0 Å². The first-order valence-corrected chi connectivity index (χ1v) is 4.47. The Bertz CT molecular complexity index is 478. The van der Waals surface area contributed by atoms with Gasteiger partial charge in [-0.3, -0.25) is 10.1 Å². The van der Waals surface area contributed by atoms with Crippen molar-refractivity contribution >= 4 is 32.8 Å². The van der Waals surface area contributed by atoms with Gasteiger partial charge in [0, 0.05) is 27.6 Å². The van der Waals surface area contributed by atoms with E-state index in [4.69, 9.17) is 5.73 Å². The van der Waals surface area contributed by atoms with Crippen LogP contribution in [-0.4, -0.2) is 4.92 Å². The van der Waals surface area contributed by atoms with Crippen molar-refractivity contribution in [3.05, 3.63) is 33.7 Å². The monoisotopic (exact) mass is 194 g/mol. The number of fused-ring (bicyclic) bond motifs is 1. The second-order valence-corrected chi connectivity index (χ2v) is 3.54. The standard InChI is InChI=1S/C8H6N2O2S/c9-7-4-13-8-2-1-5(10(11)12)3-6(7)8/h1-4H,9H2. The van der Waals surface area contributed by atoms with E-state index in [1.807, 2.05) is 0 Å². The van der Waals surface area contributed by atoms with Gasteiger partial charge in [0.1, 0.15) is 0 Å². The lowest BCUT2D eigenvalue weighted by Crippen LogP contribution is -1.87. The maximum absolute atomic E-state index is 10.4. The normalized spacial score (nSPS) is 10.5. The SMILES string of the molecule is Nc1csc2ccc([N+](=O)[O-])cc12. The average Bonchev–Trinajstić information content (AvgIpc) is 2.47. The molecule has 0 bridgehead atoms. The summed E-state index contributed by atoms with van der Waals surface area (Å²) >= 11 is 1.49. The Morgan fingerprint density at radius 1 is 1.46 bits per heavy atom. The molecule has 0 atom stereocenters. The first kappa shape index (κ1) is 8.00. The number of non-ortho nitro benzene ring substituents is 1. The van der Waals surface area contributed by atoms with Crippen molar-refractivity contribution in [2.45, 2.75) is 0 Å². The summed E-state index contributed by atoms with van der Waals surface area (Å²) < 4.78 is 0.975. The van der Waals surface area contributed by atoms with E-state index < -0.39 is 4.92 Å². The molecule has 5 heteroatoms. The Kier molecular flexibility index (Phi) is 1.66. The third-order valence-electron chi connectivity index (χ3n) is 1.80. The number of nitrogens with two attached hydrogens (primary N) is 1. The molecule has 0 unspecified atom stereocenters. The van der Waals surface area contributed by atoms with Crippen LogP contribution in [0.2, 0.25) is 0 Å². The molecular formula is C8H6N2O2S. The lowest BCUT2D eigenvalue weighted by atomic mass is 10.2. The Balaban J connectivity index is 2.72. The summed E-state index contributed by atoms with van der Waals surface area (Å²) in [5.41, 5.74) is 6.31. The van der Waals surface area contributed by atoms with Crippen molar-refractivity contribution in [3.8, 4) is 0 Å². The smallest absolute Gasteiger partial charge is 0.270 e. The van der Waals surface area contributed by atoms with E-state index in [1.54, 1.807) is 11.4 Å². The van der Waals surface area contributed by atoms with E-state index in [0.29, 0.717) is 5.69 Å². The van der Waals surface area contributed by atoms with Gasteiger partial charge in [-0.25, -0.2) is 0 Å². The molecule has 2 rings (SSSR count). The highest BCUT2D eigenvalue weighted by Crippen LogP contribution is 2.30. The molecule has 2 aromatic rings. The van der Waals surface area contributed by atoms with E-state index in [2.05, 4.69) is 0 Å². The predicted molar refractivity (Wildman–Crippen MR) is 52.9 cm³/mol. The fourth-order valence-corrected chi connectivity index (χ4v) is 1.98. The molecule has 4 nitrogen and oxygen atoms in total. The van der Waals surface area contributed by atoms with Gasteiger partial charge in [0.25, 0.3) is 5.69 Å². The summed E-state index contributed by atoms with van der Waals surface area (Å²) in [6, 6.07) is 4.70. The van der Waals surface area contributed by atoms with Crippen molar-refractivity contribution in [3.63, 3.8) is 0 Å². The van der Waals surface area contributed by atoms with E-state index in [-0.39, 0.29) is 5.69 Å². The van der Waals surface area contributed by atoms with Gasteiger partial charge in [0.15, 0.2) is 0 Å². The number of nitro groups is 1. The zero-order valence-corrected chi connectivity index (χ0v) is 7.38. The number of nitrogens with zero attached hydrogens (tertiary/aromatic N) is 1. The molecule has 1 aromatic carbocycles. The molecule has 2 N–H and O–H groups in total. The van der Waals surface area contributed by atoms with Gasteiger partial charge in [0.2, 0.25) is 0 Å². The summed E-state index contributed by atoms with van der Waals surface area (Å²) in [6.45, 7) is 0. The highest BCUT2D eigenvalue weighted by Gasteiger charge is 2.08. The maximum atomic E-state index is 10.4. The molecule has 66 valence electrons. The molecule has 0 aliphatic heterocycles. The lowest BCUT2D eigenvalue weighted by Gasteiger charge is -1.92. The zero-order chi connectivity index (χ0) is 9.42. The molecular weight excluding hydrogens is 188 g/mol. The van der Waals surface area contributed by atoms with Gasteiger partial charge < -0.3 is 5.73 Å². The fraction of sp³-hybridized carbons (Fsp3) is 0. The zero-order valence-electron chi connectivity index (χ0n) is 6.56. The van der Waals surface area contributed by atoms with Crippen molar-refractivity contribution in [1.82, 2.24) is 0 Å². The molecule has 1 heterocycles. The highest BCUT2D eigenvalue weighted by molar-refractivity contribution is 7.17. The first-order chi connectivity index (χ1) is 6.18. The van der Waals surface area contributed by atoms with E-state index in [0.717, 1.165) is 10.1 Å². The Labute approximate surface area is 77.7 Å². The quantitative estimate of drug-likeness (QED) is 0.559. The third-order valence-corrected chi connectivity index (χ3v) is 2.78. The Hall–Kier alpha value is -1.62. The minimum atomic E-state index is -0.420. The lowest BCUT2D eigenvalue weighted by molar-refractivity contribution is -0.384. The van der Waals surface area contributed by atoms with Crippen LogP contribution in [0.1, 0.15) is 0 Å². The van der Waals surface area contributed by atoms with Crippen LogP contribution in [0.5, 0.6) is 0 Å². The molecule has 0 aliphatic rings. The van der Waals surface area contributed by atoms with Crippen LogP contribution < -0.4 is 5.73 Å². The minimum Gasteiger partial charge on any atom is -0.398 e. The van der Waals surface area contributed by atoms with E-state index >= 15 is 0 Å². The molecule has 0 saturated heterocycles. The van der Waals surface area contributed by atoms with Gasteiger partial charge in [0.05, 0.1) is 10.6 Å². The summed E-state index contributed by atoms with van der Waals surface area (Å²) in [6.07, 6.45) is 0. The number of benzene rings is 1. The summed E-state index contributed by atoms with van der Waals surface area (Å²) in [5.74, 6) is 0. The largest absolute Gasteiger partial charge is 0.398 e. The van der Waals surface area contributed by atoms with Crippen molar-refractivity contribution in [1.29, 1.82) is 0 Å². The molecule has 0 amide bonds. The molecule has 1 aromatic heterocycles. The second-order valence-electron chi connectivity index (χ2n) is 2.63. The number of thiophene rings is 1. The van der Waals surface area contributed by atoms with Crippen molar-refractivity contribution in [2.24, 2.45) is 0 Å². The highest BCUT2D eigenvalue weighted by atomic mass is 32.1. The number of nitrogen functional groups attached to an aromatic ring is 1. The summed E-state index contributed by atoms with van der Waals surface area (Å²) in [4.78, 5) is 10.0. The van der Waals surface area contributed by atoms with Gasteiger partial charge >= 0.3 is 0 Å². The number of nitro benzene ring substituents is 1. The van der Waals surface area contributed by atoms with Crippen LogP contribution >= 0.6 is 11.3 Å². The molecule has 13 heavy (non-hydrogen) atoms. The second kappa shape index (κ2) is 2.70. The topological polar surface area (TPSA) is 69.2 Å². The van der Waals surface area contributed by atoms with Crippen LogP contribution in [-0.2, 0) is 0 Å². The third kappa shape index (κ3) is 1.23. The molecule has 0 aliphatic carbocycles. The Morgan fingerprint density at radius 2 is 2.23 bits per heavy atom. The van der Waals surface area contributed by atoms with E-state index in [9.17, 15) is 10.1 Å². The number of anilines is 1. The molecule has 0 fully saturated rings. The van der Waals surface area contributed by atoms with Gasteiger partial charge in [-0.2, -0.15) is 0 Å². The minimum absolute atomic E-state index is 0.0811. The fourth-order valence-electron chi connectivity index (χ4n) is 1.15. The van der Waals surface area contributed by atoms with Gasteiger partial charge in [-0.1, -0.05) is 0 Å². The molecule has 0 radical (unpaired) electrons. The average molecular weight is 194 g/mol. The van der Waals surface area contributed by atoms with E-state index in [1.165, 1.54) is 23.5 Å². The van der Waals surface area contributed by atoms with Crippen LogP contribution in [0, 0.1) is 10.1 Å². The molecule has 0 spiro atoms. The number of hydrogen-bond acceptors (Lipinski definition) is 4. The number of hydrogen-bond donors (Lipinski definition) is 1. The van der Waals surface area contributed by atoms with Crippen LogP contribution in [0.25, 0.3) is 10.1 Å². The van der Waals surface area contributed by atoms with Crippen molar-refractivity contribution in [2.75, 3.05) is 5.73 Å².